The number of carboxylic acids is 1. The lowest BCUT2D eigenvalue weighted by Gasteiger charge is -2.21. The number of carbonyl (C=O) groups is 1. The third kappa shape index (κ3) is 7.81. The molecule has 0 radical (unpaired) electrons. The smallest absolute Gasteiger partial charge is 0.347 e. The lowest BCUT2D eigenvalue weighted by Crippen LogP contribution is -2.37. The van der Waals surface area contributed by atoms with Crippen molar-refractivity contribution >= 4 is 18.1 Å². The standard InChI is InChI=1S/C29H32O6/c1-5-32-24-13-9-21(10-14-24)7-8-23-17-26(33-6-2)19-27(18-23)34-20-22-11-15-25(16-12-22)35-29(3,4)28(30)31/h7-19H,5-6,20H2,1-4H3,(H,30,31)/b8-7+. The van der Waals surface area contributed by atoms with Gasteiger partial charge < -0.3 is 24.1 Å². The summed E-state index contributed by atoms with van der Waals surface area (Å²) >= 11 is 0. The first-order valence-corrected chi connectivity index (χ1v) is 11.6. The average molecular weight is 477 g/mol. The number of rotatable bonds is 12. The number of aliphatic carboxylic acids is 1. The van der Waals surface area contributed by atoms with Gasteiger partial charge in [0.25, 0.3) is 0 Å². The zero-order valence-electron chi connectivity index (χ0n) is 20.6. The molecule has 0 atom stereocenters. The summed E-state index contributed by atoms with van der Waals surface area (Å²) in [4.78, 5) is 11.3. The summed E-state index contributed by atoms with van der Waals surface area (Å²) in [5, 5.41) is 9.22. The molecule has 0 fully saturated rings. The van der Waals surface area contributed by atoms with Gasteiger partial charge in [-0.2, -0.15) is 0 Å². The average Bonchev–Trinajstić information content (AvgIpc) is 2.83. The second kappa shape index (κ2) is 12.0. The molecule has 1 N–H and O–H groups in total. The van der Waals surface area contributed by atoms with E-state index in [4.69, 9.17) is 18.9 Å². The van der Waals surface area contributed by atoms with Crippen LogP contribution in [0.2, 0.25) is 0 Å². The van der Waals surface area contributed by atoms with Crippen molar-refractivity contribution < 1.29 is 28.8 Å². The Balaban J connectivity index is 1.68. The molecule has 6 nitrogen and oxygen atoms in total. The Morgan fingerprint density at radius 2 is 1.29 bits per heavy atom. The van der Waals surface area contributed by atoms with Gasteiger partial charge in [0.2, 0.25) is 0 Å². The van der Waals surface area contributed by atoms with E-state index < -0.39 is 11.6 Å². The van der Waals surface area contributed by atoms with Crippen LogP contribution in [0.4, 0.5) is 0 Å². The van der Waals surface area contributed by atoms with Crippen LogP contribution >= 0.6 is 0 Å². The molecule has 0 amide bonds. The molecule has 0 saturated heterocycles. The molecule has 0 aliphatic rings. The highest BCUT2D eigenvalue weighted by molar-refractivity contribution is 5.76. The Hall–Kier alpha value is -3.93. The first kappa shape index (κ1) is 25.7. The molecule has 35 heavy (non-hydrogen) atoms. The molecule has 3 rings (SSSR count). The van der Waals surface area contributed by atoms with Gasteiger partial charge in [0.05, 0.1) is 13.2 Å². The minimum Gasteiger partial charge on any atom is -0.494 e. The van der Waals surface area contributed by atoms with Crippen LogP contribution < -0.4 is 18.9 Å². The van der Waals surface area contributed by atoms with Gasteiger partial charge in [0, 0.05) is 6.07 Å². The largest absolute Gasteiger partial charge is 0.494 e. The van der Waals surface area contributed by atoms with Gasteiger partial charge >= 0.3 is 5.97 Å². The molecular weight excluding hydrogens is 444 g/mol. The molecule has 0 aliphatic heterocycles. The Morgan fingerprint density at radius 3 is 1.89 bits per heavy atom. The third-order valence-electron chi connectivity index (χ3n) is 5.09. The summed E-state index contributed by atoms with van der Waals surface area (Å²) in [6, 6.07) is 20.9. The predicted molar refractivity (Wildman–Crippen MR) is 137 cm³/mol. The van der Waals surface area contributed by atoms with Gasteiger partial charge in [0.1, 0.15) is 29.6 Å². The zero-order valence-corrected chi connectivity index (χ0v) is 20.6. The number of benzene rings is 3. The van der Waals surface area contributed by atoms with E-state index in [0.717, 1.165) is 28.2 Å². The van der Waals surface area contributed by atoms with Gasteiger partial charge in [-0.15, -0.1) is 0 Å². The number of carboxylic acid groups (broad SMARTS) is 1. The number of ether oxygens (including phenoxy) is 4. The van der Waals surface area contributed by atoms with Crippen LogP contribution in [0, 0.1) is 0 Å². The van der Waals surface area contributed by atoms with Crippen molar-refractivity contribution in [3.63, 3.8) is 0 Å². The maximum Gasteiger partial charge on any atom is 0.347 e. The highest BCUT2D eigenvalue weighted by atomic mass is 16.5. The van der Waals surface area contributed by atoms with Crippen molar-refractivity contribution in [2.45, 2.75) is 39.9 Å². The van der Waals surface area contributed by atoms with E-state index in [1.54, 1.807) is 12.1 Å². The topological polar surface area (TPSA) is 74.2 Å². The van der Waals surface area contributed by atoms with Crippen molar-refractivity contribution in [3.8, 4) is 23.0 Å². The lowest BCUT2D eigenvalue weighted by molar-refractivity contribution is -0.152. The first-order valence-electron chi connectivity index (χ1n) is 11.6. The molecule has 3 aromatic carbocycles. The molecule has 6 heteroatoms. The number of hydrogen-bond donors (Lipinski definition) is 1. The summed E-state index contributed by atoms with van der Waals surface area (Å²) in [6.07, 6.45) is 4.04. The molecule has 0 bridgehead atoms. The molecule has 0 spiro atoms. The van der Waals surface area contributed by atoms with E-state index in [1.807, 2.05) is 80.6 Å². The van der Waals surface area contributed by atoms with Crippen molar-refractivity contribution in [3.05, 3.63) is 83.4 Å². The molecular formula is C29H32O6. The van der Waals surface area contributed by atoms with Crippen LogP contribution in [0.5, 0.6) is 23.0 Å². The minimum atomic E-state index is -1.30. The maximum atomic E-state index is 11.3. The summed E-state index contributed by atoms with van der Waals surface area (Å²) in [5.74, 6) is 1.74. The highest BCUT2D eigenvalue weighted by Gasteiger charge is 2.29. The van der Waals surface area contributed by atoms with Crippen LogP contribution in [-0.4, -0.2) is 29.9 Å². The van der Waals surface area contributed by atoms with Crippen molar-refractivity contribution in [2.75, 3.05) is 13.2 Å². The van der Waals surface area contributed by atoms with Crippen molar-refractivity contribution in [1.82, 2.24) is 0 Å². The first-order chi connectivity index (χ1) is 16.8. The SMILES string of the molecule is CCOc1ccc(/C=C/c2cc(OCC)cc(OCc3ccc(OC(C)(C)C(=O)O)cc3)c2)cc1. The number of hydrogen-bond acceptors (Lipinski definition) is 5. The van der Waals surface area contributed by atoms with Crippen LogP contribution in [0.1, 0.15) is 44.4 Å². The fraction of sp³-hybridized carbons (Fsp3) is 0.276. The van der Waals surface area contributed by atoms with E-state index in [2.05, 4.69) is 0 Å². The summed E-state index contributed by atoms with van der Waals surface area (Å²) < 4.78 is 22.8. The Bertz CT molecular complexity index is 1130. The fourth-order valence-corrected chi connectivity index (χ4v) is 3.22. The molecule has 184 valence electrons. The van der Waals surface area contributed by atoms with Gasteiger partial charge in [-0.1, -0.05) is 36.4 Å². The van der Waals surface area contributed by atoms with Crippen LogP contribution in [0.15, 0.2) is 66.7 Å². The normalized spacial score (nSPS) is 11.3. The zero-order chi connectivity index (χ0) is 25.3. The monoisotopic (exact) mass is 476 g/mol. The lowest BCUT2D eigenvalue weighted by atomic mass is 10.1. The Labute approximate surface area is 206 Å². The van der Waals surface area contributed by atoms with Gasteiger partial charge in [0.15, 0.2) is 5.60 Å². The van der Waals surface area contributed by atoms with Gasteiger partial charge in [-0.25, -0.2) is 4.79 Å². The summed E-state index contributed by atoms with van der Waals surface area (Å²) in [6.45, 7) is 8.48. The van der Waals surface area contributed by atoms with Crippen LogP contribution in [0.25, 0.3) is 12.2 Å². The molecule has 0 heterocycles. The van der Waals surface area contributed by atoms with E-state index in [0.29, 0.717) is 31.3 Å². The molecule has 0 saturated carbocycles. The highest BCUT2D eigenvalue weighted by Crippen LogP contribution is 2.26. The summed E-state index contributed by atoms with van der Waals surface area (Å²) in [5.41, 5.74) is 1.65. The van der Waals surface area contributed by atoms with Gasteiger partial charge in [-0.05, 0) is 80.8 Å². The van der Waals surface area contributed by atoms with Gasteiger partial charge in [-0.3, -0.25) is 0 Å². The molecule has 0 unspecified atom stereocenters. The van der Waals surface area contributed by atoms with E-state index in [-0.39, 0.29) is 0 Å². The van der Waals surface area contributed by atoms with Crippen molar-refractivity contribution in [2.24, 2.45) is 0 Å². The van der Waals surface area contributed by atoms with E-state index >= 15 is 0 Å². The second-order valence-corrected chi connectivity index (χ2v) is 8.36. The van der Waals surface area contributed by atoms with Crippen LogP contribution in [0.3, 0.4) is 0 Å². The minimum absolute atomic E-state index is 0.347. The third-order valence-corrected chi connectivity index (χ3v) is 5.09. The summed E-state index contributed by atoms with van der Waals surface area (Å²) in [7, 11) is 0. The quantitative estimate of drug-likeness (QED) is 0.302. The molecule has 0 aromatic heterocycles. The second-order valence-electron chi connectivity index (χ2n) is 8.36. The van der Waals surface area contributed by atoms with Crippen LogP contribution in [-0.2, 0) is 11.4 Å². The molecule has 3 aromatic rings. The van der Waals surface area contributed by atoms with E-state index in [1.165, 1.54) is 13.8 Å². The van der Waals surface area contributed by atoms with Crippen molar-refractivity contribution in [1.29, 1.82) is 0 Å². The maximum absolute atomic E-state index is 11.3. The van der Waals surface area contributed by atoms with E-state index in [9.17, 15) is 9.90 Å². The fourth-order valence-electron chi connectivity index (χ4n) is 3.22. The Kier molecular flexibility index (Phi) is 8.79. The predicted octanol–water partition coefficient (Wildman–Crippen LogP) is 6.48. The molecule has 0 aliphatic carbocycles. The Morgan fingerprint density at radius 1 is 0.743 bits per heavy atom.